The highest BCUT2D eigenvalue weighted by Gasteiger charge is 2.40. The summed E-state index contributed by atoms with van der Waals surface area (Å²) >= 11 is 0. The SMILES string of the molecule is Cc1cc(C#N)nc(N2C[C@H](O)C[C@@H]2c2ccccc2C(F)(F)F)n1. The zero-order valence-electron chi connectivity index (χ0n) is 13.3. The predicted molar refractivity (Wildman–Crippen MR) is 83.6 cm³/mol. The van der Waals surface area contributed by atoms with Crippen LogP contribution in [0.2, 0.25) is 0 Å². The number of hydrogen-bond donors (Lipinski definition) is 1. The lowest BCUT2D eigenvalue weighted by molar-refractivity contribution is -0.138. The Kier molecular flexibility index (Phi) is 4.35. The second-order valence-corrected chi connectivity index (χ2v) is 5.95. The number of β-amino-alcohol motifs (C(OH)–C–C–N with tert-alkyl or cyclic N) is 1. The van der Waals surface area contributed by atoms with E-state index in [-0.39, 0.29) is 30.2 Å². The largest absolute Gasteiger partial charge is 0.416 e. The molecule has 1 fully saturated rings. The Morgan fingerprint density at radius 3 is 2.68 bits per heavy atom. The van der Waals surface area contributed by atoms with Gasteiger partial charge in [0.15, 0.2) is 0 Å². The van der Waals surface area contributed by atoms with Gasteiger partial charge in [0.1, 0.15) is 11.8 Å². The van der Waals surface area contributed by atoms with Gasteiger partial charge in [-0.15, -0.1) is 0 Å². The maximum absolute atomic E-state index is 13.4. The van der Waals surface area contributed by atoms with E-state index < -0.39 is 23.9 Å². The van der Waals surface area contributed by atoms with Crippen molar-refractivity contribution in [2.24, 2.45) is 0 Å². The van der Waals surface area contributed by atoms with Gasteiger partial charge in [-0.1, -0.05) is 18.2 Å². The third-order valence-corrected chi connectivity index (χ3v) is 4.12. The molecule has 3 rings (SSSR count). The first-order valence-electron chi connectivity index (χ1n) is 7.66. The number of nitrogens with zero attached hydrogens (tertiary/aromatic N) is 4. The Bertz CT molecular complexity index is 831. The minimum atomic E-state index is -4.50. The Labute approximate surface area is 142 Å². The van der Waals surface area contributed by atoms with E-state index in [2.05, 4.69) is 9.97 Å². The molecule has 2 heterocycles. The van der Waals surface area contributed by atoms with Gasteiger partial charge in [0, 0.05) is 12.2 Å². The molecule has 0 spiro atoms. The predicted octanol–water partition coefficient (Wildman–Crippen LogP) is 2.99. The third-order valence-electron chi connectivity index (χ3n) is 4.12. The lowest BCUT2D eigenvalue weighted by atomic mass is 9.97. The van der Waals surface area contributed by atoms with Crippen molar-refractivity contribution in [3.05, 3.63) is 52.8 Å². The van der Waals surface area contributed by atoms with Crippen LogP contribution in [0.4, 0.5) is 19.1 Å². The molecule has 2 aromatic rings. The van der Waals surface area contributed by atoms with Gasteiger partial charge < -0.3 is 10.0 Å². The lowest BCUT2D eigenvalue weighted by Crippen LogP contribution is -2.28. The molecular weight excluding hydrogens is 333 g/mol. The molecule has 1 aliphatic rings. The topological polar surface area (TPSA) is 73.0 Å². The Morgan fingerprint density at radius 2 is 2.00 bits per heavy atom. The second kappa shape index (κ2) is 6.33. The number of halogens is 3. The fourth-order valence-corrected chi connectivity index (χ4v) is 3.11. The molecule has 0 unspecified atom stereocenters. The molecule has 0 aliphatic carbocycles. The third kappa shape index (κ3) is 3.42. The fourth-order valence-electron chi connectivity index (χ4n) is 3.11. The molecule has 0 amide bonds. The van der Waals surface area contributed by atoms with Gasteiger partial charge in [-0.2, -0.15) is 18.4 Å². The van der Waals surface area contributed by atoms with Crippen LogP contribution in [0.25, 0.3) is 0 Å². The van der Waals surface area contributed by atoms with E-state index in [1.807, 2.05) is 6.07 Å². The van der Waals surface area contributed by atoms with Gasteiger partial charge in [0.05, 0.1) is 17.7 Å². The molecule has 0 bridgehead atoms. The first kappa shape index (κ1) is 17.2. The van der Waals surface area contributed by atoms with E-state index >= 15 is 0 Å². The smallest absolute Gasteiger partial charge is 0.391 e. The van der Waals surface area contributed by atoms with Crippen LogP contribution in [0.3, 0.4) is 0 Å². The van der Waals surface area contributed by atoms with E-state index in [0.717, 1.165) is 6.07 Å². The van der Waals surface area contributed by atoms with Gasteiger partial charge in [-0.05, 0) is 31.0 Å². The van der Waals surface area contributed by atoms with E-state index in [1.165, 1.54) is 29.2 Å². The molecule has 1 aromatic carbocycles. The zero-order valence-corrected chi connectivity index (χ0v) is 13.3. The maximum Gasteiger partial charge on any atom is 0.416 e. The number of aliphatic hydroxyl groups is 1. The summed E-state index contributed by atoms with van der Waals surface area (Å²) in [6.07, 6.45) is -5.17. The van der Waals surface area contributed by atoms with Crippen molar-refractivity contribution in [1.29, 1.82) is 5.26 Å². The Balaban J connectivity index is 2.08. The van der Waals surface area contributed by atoms with Gasteiger partial charge >= 0.3 is 6.18 Å². The normalized spacial score (nSPS) is 20.6. The van der Waals surface area contributed by atoms with Crippen LogP contribution in [0.1, 0.15) is 35.0 Å². The molecular formula is C17H15F3N4O. The van der Waals surface area contributed by atoms with Crippen LogP contribution >= 0.6 is 0 Å². The second-order valence-electron chi connectivity index (χ2n) is 5.95. The Morgan fingerprint density at radius 1 is 1.28 bits per heavy atom. The van der Waals surface area contributed by atoms with Gasteiger partial charge in [-0.25, -0.2) is 9.97 Å². The standard InChI is InChI=1S/C17H15F3N4O/c1-10-6-11(8-21)23-16(22-10)24-9-12(25)7-15(24)13-4-2-3-5-14(13)17(18,19)20/h2-6,12,15,25H,7,9H2,1H3/t12-,15-/m1/s1. The molecule has 1 aliphatic heterocycles. The van der Waals surface area contributed by atoms with Crippen molar-refractivity contribution in [2.45, 2.75) is 31.7 Å². The number of aryl methyl sites for hydroxylation is 1. The summed E-state index contributed by atoms with van der Waals surface area (Å²) in [4.78, 5) is 9.87. The van der Waals surface area contributed by atoms with Crippen molar-refractivity contribution in [3.63, 3.8) is 0 Å². The first-order chi connectivity index (χ1) is 11.8. The fraction of sp³-hybridized carbons (Fsp3) is 0.353. The molecule has 2 atom stereocenters. The molecule has 8 heteroatoms. The minimum Gasteiger partial charge on any atom is -0.391 e. The highest BCUT2D eigenvalue weighted by Crippen LogP contribution is 2.41. The Hall–Kier alpha value is -2.66. The van der Waals surface area contributed by atoms with Crippen LogP contribution in [0, 0.1) is 18.3 Å². The van der Waals surface area contributed by atoms with Crippen molar-refractivity contribution < 1.29 is 18.3 Å². The molecule has 25 heavy (non-hydrogen) atoms. The average Bonchev–Trinajstić information content (AvgIpc) is 2.95. The van der Waals surface area contributed by atoms with Gasteiger partial charge in [0.25, 0.3) is 0 Å². The molecule has 5 nitrogen and oxygen atoms in total. The van der Waals surface area contributed by atoms with Crippen LogP contribution in [0.15, 0.2) is 30.3 Å². The van der Waals surface area contributed by atoms with Crippen LogP contribution < -0.4 is 4.90 Å². The summed E-state index contributed by atoms with van der Waals surface area (Å²) in [6, 6.07) is 7.98. The van der Waals surface area contributed by atoms with Crippen LogP contribution in [-0.4, -0.2) is 27.7 Å². The number of rotatable bonds is 2. The van der Waals surface area contributed by atoms with E-state index in [9.17, 15) is 18.3 Å². The summed E-state index contributed by atoms with van der Waals surface area (Å²) in [5, 5.41) is 19.1. The molecule has 1 aromatic heterocycles. The number of aliphatic hydroxyl groups excluding tert-OH is 1. The highest BCUT2D eigenvalue weighted by atomic mass is 19.4. The zero-order chi connectivity index (χ0) is 18.2. The molecule has 0 saturated carbocycles. The monoisotopic (exact) mass is 348 g/mol. The molecule has 1 saturated heterocycles. The van der Waals surface area contributed by atoms with Crippen molar-refractivity contribution in [3.8, 4) is 6.07 Å². The molecule has 0 radical (unpaired) electrons. The molecule has 1 N–H and O–H groups in total. The summed E-state index contributed by atoms with van der Waals surface area (Å²) in [7, 11) is 0. The van der Waals surface area contributed by atoms with E-state index in [0.29, 0.717) is 5.69 Å². The number of alkyl halides is 3. The summed E-state index contributed by atoms with van der Waals surface area (Å²) in [5.41, 5.74) is -0.0139. The minimum absolute atomic E-state index is 0.0650. The van der Waals surface area contributed by atoms with Crippen molar-refractivity contribution in [2.75, 3.05) is 11.4 Å². The molecule has 130 valence electrons. The van der Waals surface area contributed by atoms with Crippen molar-refractivity contribution >= 4 is 5.95 Å². The number of nitriles is 1. The van der Waals surface area contributed by atoms with E-state index in [1.54, 1.807) is 6.92 Å². The summed E-state index contributed by atoms with van der Waals surface area (Å²) in [5.74, 6) is 0.148. The van der Waals surface area contributed by atoms with Crippen LogP contribution in [0.5, 0.6) is 0 Å². The number of anilines is 1. The first-order valence-corrected chi connectivity index (χ1v) is 7.66. The quantitative estimate of drug-likeness (QED) is 0.903. The number of aromatic nitrogens is 2. The van der Waals surface area contributed by atoms with E-state index in [4.69, 9.17) is 5.26 Å². The lowest BCUT2D eigenvalue weighted by Gasteiger charge is -2.27. The highest BCUT2D eigenvalue weighted by molar-refractivity contribution is 5.45. The maximum atomic E-state index is 13.4. The van der Waals surface area contributed by atoms with Gasteiger partial charge in [-0.3, -0.25) is 0 Å². The van der Waals surface area contributed by atoms with Crippen molar-refractivity contribution in [1.82, 2.24) is 9.97 Å². The van der Waals surface area contributed by atoms with Crippen LogP contribution in [-0.2, 0) is 6.18 Å². The summed E-state index contributed by atoms with van der Waals surface area (Å²) in [6.45, 7) is 1.78. The number of benzene rings is 1. The summed E-state index contributed by atoms with van der Waals surface area (Å²) < 4.78 is 40.1. The number of hydrogen-bond acceptors (Lipinski definition) is 5. The van der Waals surface area contributed by atoms with Gasteiger partial charge in [0.2, 0.25) is 5.95 Å². The average molecular weight is 348 g/mol.